The number of nitrogens with one attached hydrogen (secondary N) is 1. The van der Waals surface area contributed by atoms with Crippen molar-refractivity contribution in [2.75, 3.05) is 18.1 Å². The third kappa shape index (κ3) is 3.52. The number of amides is 1. The number of H-pyrrole nitrogens is 1. The minimum absolute atomic E-state index is 0.155. The third-order valence-electron chi connectivity index (χ3n) is 4.91. The molecule has 0 radical (unpaired) electrons. The van der Waals surface area contributed by atoms with Crippen LogP contribution in [-0.4, -0.2) is 42.1 Å². The van der Waals surface area contributed by atoms with Gasteiger partial charge in [0.25, 0.3) is 5.91 Å². The van der Waals surface area contributed by atoms with Gasteiger partial charge in [-0.2, -0.15) is 0 Å². The number of hydrogen-bond donors (Lipinski definition) is 1. The van der Waals surface area contributed by atoms with Gasteiger partial charge >= 0.3 is 11.9 Å². The van der Waals surface area contributed by atoms with E-state index in [1.165, 1.54) is 0 Å². The van der Waals surface area contributed by atoms with Crippen molar-refractivity contribution in [3.05, 3.63) is 52.3 Å². The summed E-state index contributed by atoms with van der Waals surface area (Å²) < 4.78 is 10.4. The van der Waals surface area contributed by atoms with E-state index in [0.717, 1.165) is 17.7 Å². The van der Waals surface area contributed by atoms with Crippen LogP contribution in [0.3, 0.4) is 0 Å². The van der Waals surface area contributed by atoms with E-state index >= 15 is 0 Å². The van der Waals surface area contributed by atoms with Crippen molar-refractivity contribution in [3.8, 4) is 0 Å². The molecule has 148 valence electrons. The summed E-state index contributed by atoms with van der Waals surface area (Å²) in [6, 6.07) is 7.69. The maximum Gasteiger partial charge on any atom is 0.355 e. The first-order chi connectivity index (χ1) is 13.3. The Balaban J connectivity index is 1.74. The highest BCUT2D eigenvalue weighted by atomic mass is 16.5. The summed E-state index contributed by atoms with van der Waals surface area (Å²) in [5.74, 6) is -1.44. The van der Waals surface area contributed by atoms with Crippen LogP contribution in [0, 0.1) is 13.8 Å². The van der Waals surface area contributed by atoms with Crippen LogP contribution in [0.4, 0.5) is 5.69 Å². The maximum atomic E-state index is 12.8. The average Bonchev–Trinajstić information content (AvgIpc) is 3.22. The number of nitrogens with zero attached hydrogens (tertiary/aromatic N) is 1. The predicted molar refractivity (Wildman–Crippen MR) is 104 cm³/mol. The number of benzene rings is 1. The first-order valence-electron chi connectivity index (χ1n) is 9.31. The van der Waals surface area contributed by atoms with Gasteiger partial charge in [0.2, 0.25) is 0 Å². The number of carbonyl (C=O) groups is 3. The molecule has 0 spiro atoms. The van der Waals surface area contributed by atoms with Crippen LogP contribution in [0.15, 0.2) is 24.3 Å². The van der Waals surface area contributed by atoms with Crippen molar-refractivity contribution in [1.82, 2.24) is 4.98 Å². The van der Waals surface area contributed by atoms with Crippen LogP contribution in [-0.2, 0) is 20.7 Å². The molecule has 28 heavy (non-hydrogen) atoms. The monoisotopic (exact) mass is 384 g/mol. The molecule has 1 atom stereocenters. The Morgan fingerprint density at radius 3 is 2.61 bits per heavy atom. The molecular weight excluding hydrogens is 360 g/mol. The van der Waals surface area contributed by atoms with E-state index in [-0.39, 0.29) is 18.2 Å². The number of carbonyl (C=O) groups excluding carboxylic acids is 3. The van der Waals surface area contributed by atoms with Crippen molar-refractivity contribution in [3.63, 3.8) is 0 Å². The standard InChI is InChI=1S/C21H24N2O5/c1-5-27-20(25)17-12(2)18(22-13(17)3)21(26)28-14(4)19(24)23-11-10-15-8-6-7-9-16(15)23/h6-9,14,22H,5,10-11H2,1-4H3. The smallest absolute Gasteiger partial charge is 0.355 e. The van der Waals surface area contributed by atoms with Gasteiger partial charge in [-0.3, -0.25) is 4.79 Å². The zero-order chi connectivity index (χ0) is 20.4. The molecular formula is C21H24N2O5. The molecule has 1 aliphatic heterocycles. The van der Waals surface area contributed by atoms with Crippen molar-refractivity contribution in [1.29, 1.82) is 0 Å². The van der Waals surface area contributed by atoms with Gasteiger partial charge in [-0.1, -0.05) is 18.2 Å². The second-order valence-corrected chi connectivity index (χ2v) is 6.76. The molecule has 1 amide bonds. The van der Waals surface area contributed by atoms with Gasteiger partial charge in [-0.15, -0.1) is 0 Å². The molecule has 7 nitrogen and oxygen atoms in total. The molecule has 2 aromatic rings. The van der Waals surface area contributed by atoms with Gasteiger partial charge in [0.05, 0.1) is 12.2 Å². The Bertz CT molecular complexity index is 931. The lowest BCUT2D eigenvalue weighted by molar-refractivity contribution is -0.126. The van der Waals surface area contributed by atoms with E-state index in [2.05, 4.69) is 4.98 Å². The van der Waals surface area contributed by atoms with Crippen molar-refractivity contribution in [2.45, 2.75) is 40.2 Å². The fraction of sp³-hybridized carbons (Fsp3) is 0.381. The molecule has 0 saturated heterocycles. The summed E-state index contributed by atoms with van der Waals surface area (Å²) in [6.45, 7) is 7.41. The van der Waals surface area contributed by atoms with Gasteiger partial charge in [0.1, 0.15) is 5.69 Å². The van der Waals surface area contributed by atoms with Gasteiger partial charge in [-0.25, -0.2) is 9.59 Å². The Kier molecular flexibility index (Phi) is 5.53. The number of anilines is 1. The number of aromatic amines is 1. The number of esters is 2. The molecule has 0 fully saturated rings. The molecule has 7 heteroatoms. The topological polar surface area (TPSA) is 88.7 Å². The van der Waals surface area contributed by atoms with E-state index in [1.807, 2.05) is 24.3 Å². The van der Waals surface area contributed by atoms with Crippen molar-refractivity contribution >= 4 is 23.5 Å². The molecule has 1 aromatic carbocycles. The Morgan fingerprint density at radius 2 is 1.89 bits per heavy atom. The first kappa shape index (κ1) is 19.7. The highest BCUT2D eigenvalue weighted by Crippen LogP contribution is 2.28. The normalized spacial score (nSPS) is 13.8. The molecule has 1 unspecified atom stereocenters. The van der Waals surface area contributed by atoms with Crippen LogP contribution < -0.4 is 4.90 Å². The number of fused-ring (bicyclic) bond motifs is 1. The predicted octanol–water partition coefficient (Wildman–Crippen LogP) is 2.94. The fourth-order valence-corrected chi connectivity index (χ4v) is 3.52. The molecule has 0 saturated carbocycles. The quantitative estimate of drug-likeness (QED) is 0.801. The summed E-state index contributed by atoms with van der Waals surface area (Å²) in [5.41, 5.74) is 3.40. The Labute approximate surface area is 163 Å². The molecule has 2 heterocycles. The minimum atomic E-state index is -0.951. The van der Waals surface area contributed by atoms with E-state index in [4.69, 9.17) is 9.47 Å². The third-order valence-corrected chi connectivity index (χ3v) is 4.91. The maximum absolute atomic E-state index is 12.8. The number of rotatable bonds is 5. The summed E-state index contributed by atoms with van der Waals surface area (Å²) in [5, 5.41) is 0. The number of para-hydroxylation sites is 1. The Hall–Kier alpha value is -3.09. The molecule has 3 rings (SSSR count). The molecule has 1 N–H and O–H groups in total. The van der Waals surface area contributed by atoms with Crippen LogP contribution in [0.2, 0.25) is 0 Å². The average molecular weight is 384 g/mol. The first-order valence-corrected chi connectivity index (χ1v) is 9.31. The van der Waals surface area contributed by atoms with Crippen LogP contribution in [0.1, 0.15) is 51.5 Å². The number of aromatic nitrogens is 1. The van der Waals surface area contributed by atoms with E-state index < -0.39 is 18.0 Å². The largest absolute Gasteiger partial charge is 0.462 e. The van der Waals surface area contributed by atoms with Gasteiger partial charge in [-0.05, 0) is 51.3 Å². The van der Waals surface area contributed by atoms with Crippen LogP contribution >= 0.6 is 0 Å². The van der Waals surface area contributed by atoms with Gasteiger partial charge in [0, 0.05) is 17.9 Å². The number of aryl methyl sites for hydroxylation is 1. The minimum Gasteiger partial charge on any atom is -0.462 e. The second-order valence-electron chi connectivity index (χ2n) is 6.76. The highest BCUT2D eigenvalue weighted by Gasteiger charge is 2.31. The molecule has 0 bridgehead atoms. The van der Waals surface area contributed by atoms with E-state index in [0.29, 0.717) is 23.4 Å². The van der Waals surface area contributed by atoms with Crippen LogP contribution in [0.25, 0.3) is 0 Å². The zero-order valence-corrected chi connectivity index (χ0v) is 16.5. The lowest BCUT2D eigenvalue weighted by atomic mass is 10.1. The number of ether oxygens (including phenoxy) is 2. The van der Waals surface area contributed by atoms with E-state index in [1.54, 1.807) is 32.6 Å². The molecule has 1 aromatic heterocycles. The fourth-order valence-electron chi connectivity index (χ4n) is 3.52. The summed E-state index contributed by atoms with van der Waals surface area (Å²) >= 11 is 0. The summed E-state index contributed by atoms with van der Waals surface area (Å²) in [7, 11) is 0. The lowest BCUT2D eigenvalue weighted by Crippen LogP contribution is -2.39. The zero-order valence-electron chi connectivity index (χ0n) is 16.5. The lowest BCUT2D eigenvalue weighted by Gasteiger charge is -2.21. The summed E-state index contributed by atoms with van der Waals surface area (Å²) in [4.78, 5) is 42.0. The molecule has 0 aliphatic carbocycles. The van der Waals surface area contributed by atoms with E-state index in [9.17, 15) is 14.4 Å². The Morgan fingerprint density at radius 1 is 1.18 bits per heavy atom. The van der Waals surface area contributed by atoms with Crippen molar-refractivity contribution < 1.29 is 23.9 Å². The SMILES string of the molecule is CCOC(=O)c1c(C)[nH]c(C(=O)OC(C)C(=O)N2CCc3ccccc32)c1C. The second kappa shape index (κ2) is 7.88. The van der Waals surface area contributed by atoms with Gasteiger partial charge < -0.3 is 19.4 Å². The van der Waals surface area contributed by atoms with Crippen LogP contribution in [0.5, 0.6) is 0 Å². The van der Waals surface area contributed by atoms with Gasteiger partial charge in [0.15, 0.2) is 6.10 Å². The highest BCUT2D eigenvalue weighted by molar-refractivity contribution is 6.02. The number of hydrogen-bond acceptors (Lipinski definition) is 5. The molecule has 1 aliphatic rings. The van der Waals surface area contributed by atoms with Crippen molar-refractivity contribution in [2.24, 2.45) is 0 Å². The summed E-state index contributed by atoms with van der Waals surface area (Å²) in [6.07, 6.45) is -0.173.